The van der Waals surface area contributed by atoms with Crippen LogP contribution >= 0.6 is 39.5 Å². The molecule has 0 aliphatic carbocycles. The first kappa shape index (κ1) is 16.6. The van der Waals surface area contributed by atoms with Crippen LogP contribution in [0.4, 0.5) is 5.00 Å². The molecule has 112 valence electrons. The number of rotatable bonds is 2. The van der Waals surface area contributed by atoms with Crippen LogP contribution in [0.5, 0.6) is 0 Å². The summed E-state index contributed by atoms with van der Waals surface area (Å²) < 4.78 is 0.815. The molecule has 4 nitrogen and oxygen atoms in total. The van der Waals surface area contributed by atoms with Gasteiger partial charge in [0.05, 0.1) is 5.56 Å². The number of halogens is 1. The van der Waals surface area contributed by atoms with Gasteiger partial charge in [-0.05, 0) is 49.8 Å². The molecule has 0 unspecified atom stereocenters. The number of amides is 1. The van der Waals surface area contributed by atoms with Gasteiger partial charge in [-0.25, -0.2) is 0 Å². The molecule has 0 fully saturated rings. The van der Waals surface area contributed by atoms with E-state index in [0.717, 1.165) is 14.9 Å². The molecule has 1 amide bonds. The van der Waals surface area contributed by atoms with Crippen molar-refractivity contribution in [3.63, 3.8) is 0 Å². The lowest BCUT2D eigenvalue weighted by atomic mass is 10.2. The summed E-state index contributed by atoms with van der Waals surface area (Å²) in [7, 11) is 0. The van der Waals surface area contributed by atoms with Crippen molar-refractivity contribution in [2.75, 3.05) is 5.32 Å². The van der Waals surface area contributed by atoms with Gasteiger partial charge < -0.3 is 5.32 Å². The highest BCUT2D eigenvalue weighted by Gasteiger charge is 2.14. The number of nitriles is 1. The van der Waals surface area contributed by atoms with E-state index in [2.05, 4.69) is 32.6 Å². The topological polar surface area (TPSA) is 64.9 Å². The predicted molar refractivity (Wildman–Crippen MR) is 96.3 cm³/mol. The van der Waals surface area contributed by atoms with Gasteiger partial charge in [0.1, 0.15) is 11.1 Å². The van der Waals surface area contributed by atoms with Crippen molar-refractivity contribution in [3.05, 3.63) is 50.3 Å². The number of aryl methyl sites for hydroxylation is 1. The number of hydrogen-bond donors (Lipinski definition) is 2. The normalized spacial score (nSPS) is 9.91. The number of carbonyl (C=O) groups is 1. The average Bonchev–Trinajstić information content (AvgIpc) is 2.73. The summed E-state index contributed by atoms with van der Waals surface area (Å²) in [4.78, 5) is 13.1. The van der Waals surface area contributed by atoms with Gasteiger partial charge in [0.2, 0.25) is 0 Å². The Morgan fingerprint density at radius 1 is 1.41 bits per heavy atom. The summed E-state index contributed by atoms with van der Waals surface area (Å²) in [6, 6.07) is 9.17. The van der Waals surface area contributed by atoms with Gasteiger partial charge in [0.25, 0.3) is 5.91 Å². The monoisotopic (exact) mass is 393 g/mol. The van der Waals surface area contributed by atoms with E-state index in [0.29, 0.717) is 16.1 Å². The Labute approximate surface area is 146 Å². The average molecular weight is 394 g/mol. The van der Waals surface area contributed by atoms with Gasteiger partial charge in [0.15, 0.2) is 5.11 Å². The molecule has 0 aliphatic heterocycles. The lowest BCUT2D eigenvalue weighted by Crippen LogP contribution is -2.34. The van der Waals surface area contributed by atoms with Crippen molar-refractivity contribution in [1.29, 1.82) is 5.26 Å². The number of thiocarbonyl (C=S) groups is 1. The first-order chi connectivity index (χ1) is 10.4. The van der Waals surface area contributed by atoms with Crippen LogP contribution in [-0.2, 0) is 0 Å². The fourth-order valence-corrected chi connectivity index (χ4v) is 3.46. The first-order valence-electron chi connectivity index (χ1n) is 6.30. The number of nitrogens with zero attached hydrogens (tertiary/aromatic N) is 1. The van der Waals surface area contributed by atoms with Gasteiger partial charge in [-0.3, -0.25) is 10.1 Å². The van der Waals surface area contributed by atoms with Crippen molar-refractivity contribution in [3.8, 4) is 6.07 Å². The van der Waals surface area contributed by atoms with Crippen LogP contribution in [0.1, 0.15) is 26.4 Å². The zero-order valence-corrected chi connectivity index (χ0v) is 15.1. The quantitative estimate of drug-likeness (QED) is 0.752. The molecular formula is C15H12BrN3OS2. The van der Waals surface area contributed by atoms with Crippen LogP contribution in [0.25, 0.3) is 0 Å². The van der Waals surface area contributed by atoms with Gasteiger partial charge in [-0.2, -0.15) is 5.26 Å². The summed E-state index contributed by atoms with van der Waals surface area (Å²) in [5, 5.41) is 15.5. The summed E-state index contributed by atoms with van der Waals surface area (Å²) in [6.07, 6.45) is 0. The third-order valence-electron chi connectivity index (χ3n) is 3.04. The van der Waals surface area contributed by atoms with Crippen LogP contribution in [0, 0.1) is 25.2 Å². The molecule has 1 aromatic carbocycles. The Kier molecular flexibility index (Phi) is 5.29. The van der Waals surface area contributed by atoms with E-state index < -0.39 is 0 Å². The van der Waals surface area contributed by atoms with Crippen LogP contribution in [-0.4, -0.2) is 11.0 Å². The van der Waals surface area contributed by atoms with Gasteiger partial charge in [-0.1, -0.05) is 22.0 Å². The Bertz CT molecular complexity index is 793. The van der Waals surface area contributed by atoms with E-state index in [-0.39, 0.29) is 11.0 Å². The summed E-state index contributed by atoms with van der Waals surface area (Å²) in [5.74, 6) is -0.303. The number of carbonyl (C=O) groups excluding carboxylic acids is 1. The Morgan fingerprint density at radius 3 is 2.77 bits per heavy atom. The van der Waals surface area contributed by atoms with E-state index in [9.17, 15) is 10.1 Å². The molecule has 0 atom stereocenters. The lowest BCUT2D eigenvalue weighted by molar-refractivity contribution is 0.0977. The molecular weight excluding hydrogens is 382 g/mol. The minimum atomic E-state index is -0.303. The van der Waals surface area contributed by atoms with Crippen molar-refractivity contribution < 1.29 is 4.79 Å². The van der Waals surface area contributed by atoms with Crippen LogP contribution in [0.2, 0.25) is 0 Å². The zero-order valence-electron chi connectivity index (χ0n) is 11.9. The standard InChI is InChI=1S/C15H12BrN3OS2/c1-8-9(2)22-14(12(8)7-17)19-15(21)18-13(20)10-4-3-5-11(16)6-10/h3-6H,1-2H3,(H2,18,19,20,21). The zero-order chi connectivity index (χ0) is 16.3. The maximum atomic E-state index is 12.1. The molecule has 22 heavy (non-hydrogen) atoms. The highest BCUT2D eigenvalue weighted by atomic mass is 79.9. The number of benzene rings is 1. The summed E-state index contributed by atoms with van der Waals surface area (Å²) >= 11 is 9.90. The second-order valence-corrected chi connectivity index (χ2v) is 7.07. The summed E-state index contributed by atoms with van der Waals surface area (Å²) in [5.41, 5.74) is 1.98. The largest absolute Gasteiger partial charge is 0.323 e. The molecule has 0 radical (unpaired) electrons. The molecule has 2 rings (SSSR count). The third-order valence-corrected chi connectivity index (χ3v) is 4.86. The van der Waals surface area contributed by atoms with Crippen LogP contribution in [0.3, 0.4) is 0 Å². The lowest BCUT2D eigenvalue weighted by Gasteiger charge is -2.08. The molecule has 2 N–H and O–H groups in total. The third kappa shape index (κ3) is 3.71. The van der Waals surface area contributed by atoms with E-state index in [1.54, 1.807) is 18.2 Å². The Morgan fingerprint density at radius 2 is 2.14 bits per heavy atom. The molecule has 0 bridgehead atoms. The van der Waals surface area contributed by atoms with Gasteiger partial charge >= 0.3 is 0 Å². The number of anilines is 1. The minimum Gasteiger partial charge on any atom is -0.323 e. The van der Waals surface area contributed by atoms with Gasteiger partial charge in [0, 0.05) is 14.9 Å². The second-order valence-electron chi connectivity index (χ2n) is 4.52. The molecule has 1 heterocycles. The number of nitrogens with one attached hydrogen (secondary N) is 2. The number of hydrogen-bond acceptors (Lipinski definition) is 4. The Hall–Kier alpha value is -1.75. The van der Waals surface area contributed by atoms with E-state index in [1.165, 1.54) is 11.3 Å². The minimum absolute atomic E-state index is 0.169. The maximum Gasteiger partial charge on any atom is 0.257 e. The molecule has 0 aliphatic rings. The molecule has 2 aromatic rings. The maximum absolute atomic E-state index is 12.1. The fourth-order valence-electron chi connectivity index (χ4n) is 1.79. The predicted octanol–water partition coefficient (Wildman–Crippen LogP) is 4.13. The highest BCUT2D eigenvalue weighted by Crippen LogP contribution is 2.31. The fraction of sp³-hybridized carbons (Fsp3) is 0.133. The second kappa shape index (κ2) is 7.01. The van der Waals surface area contributed by atoms with Crippen molar-refractivity contribution in [1.82, 2.24) is 5.32 Å². The first-order valence-corrected chi connectivity index (χ1v) is 8.32. The highest BCUT2D eigenvalue weighted by molar-refractivity contribution is 9.10. The van der Waals surface area contributed by atoms with E-state index >= 15 is 0 Å². The van der Waals surface area contributed by atoms with Crippen molar-refractivity contribution in [2.24, 2.45) is 0 Å². The SMILES string of the molecule is Cc1sc(NC(=S)NC(=O)c2cccc(Br)c2)c(C#N)c1C. The molecule has 0 saturated carbocycles. The molecule has 7 heteroatoms. The van der Waals surface area contributed by atoms with Crippen molar-refractivity contribution >= 4 is 55.5 Å². The summed E-state index contributed by atoms with van der Waals surface area (Å²) in [6.45, 7) is 3.83. The molecule has 1 aromatic heterocycles. The van der Waals surface area contributed by atoms with Crippen LogP contribution in [0.15, 0.2) is 28.7 Å². The number of thiophene rings is 1. The molecule has 0 saturated heterocycles. The van der Waals surface area contributed by atoms with Crippen molar-refractivity contribution in [2.45, 2.75) is 13.8 Å². The Balaban J connectivity index is 2.09. The molecule has 0 spiro atoms. The van der Waals surface area contributed by atoms with Gasteiger partial charge in [-0.15, -0.1) is 11.3 Å². The van der Waals surface area contributed by atoms with Crippen LogP contribution < -0.4 is 10.6 Å². The van der Waals surface area contributed by atoms with E-state index in [1.807, 2.05) is 19.9 Å². The van der Waals surface area contributed by atoms with E-state index in [4.69, 9.17) is 12.2 Å². The smallest absolute Gasteiger partial charge is 0.257 e.